The first kappa shape index (κ1) is 4.06. The van der Waals surface area contributed by atoms with E-state index in [0.717, 1.165) is 17.5 Å². The molecule has 1 heterocycles. The maximum absolute atomic E-state index is 4.92. The Labute approximate surface area is 41.4 Å². The SMILES string of the molecule is C=C1CSCO1. The van der Waals surface area contributed by atoms with Crippen molar-refractivity contribution in [2.45, 2.75) is 0 Å². The van der Waals surface area contributed by atoms with Gasteiger partial charge in [-0.2, -0.15) is 0 Å². The molecular formula is C4H6OS. The standard InChI is InChI=1S/C4H6OS/c1-4-2-6-3-5-4/h1-3H2. The van der Waals surface area contributed by atoms with Crippen molar-refractivity contribution in [2.75, 3.05) is 11.7 Å². The number of hydrogen-bond acceptors (Lipinski definition) is 2. The van der Waals surface area contributed by atoms with Crippen LogP contribution < -0.4 is 0 Å². The number of hydrogen-bond donors (Lipinski definition) is 0. The minimum atomic E-state index is 0.804. The normalized spacial score (nSPS) is 21.0. The van der Waals surface area contributed by atoms with Crippen molar-refractivity contribution >= 4 is 11.8 Å². The van der Waals surface area contributed by atoms with E-state index in [1.165, 1.54) is 0 Å². The largest absolute Gasteiger partial charge is 0.487 e. The quantitative estimate of drug-likeness (QED) is 0.455. The van der Waals surface area contributed by atoms with Crippen LogP contribution in [0.4, 0.5) is 0 Å². The van der Waals surface area contributed by atoms with E-state index < -0.39 is 0 Å². The summed E-state index contributed by atoms with van der Waals surface area (Å²) in [6.45, 7) is 3.61. The molecule has 0 aromatic heterocycles. The molecule has 2 heteroatoms. The van der Waals surface area contributed by atoms with Crippen LogP contribution in [0.15, 0.2) is 12.3 Å². The fraction of sp³-hybridized carbons (Fsp3) is 0.500. The Bertz CT molecular complexity index is 61.9. The molecule has 0 aromatic carbocycles. The molecule has 6 heavy (non-hydrogen) atoms. The second kappa shape index (κ2) is 1.56. The maximum Gasteiger partial charge on any atom is 0.134 e. The average molecular weight is 102 g/mol. The zero-order chi connectivity index (χ0) is 4.41. The molecular weight excluding hydrogens is 96.1 g/mol. The Balaban J connectivity index is 2.37. The van der Waals surface area contributed by atoms with E-state index >= 15 is 0 Å². The van der Waals surface area contributed by atoms with Gasteiger partial charge in [-0.25, -0.2) is 0 Å². The summed E-state index contributed by atoms with van der Waals surface area (Å²) in [5, 5.41) is 0. The Morgan fingerprint density at radius 2 is 2.67 bits per heavy atom. The molecule has 1 nitrogen and oxygen atoms in total. The Morgan fingerprint density at radius 3 is 2.83 bits per heavy atom. The van der Waals surface area contributed by atoms with E-state index in [0.29, 0.717) is 0 Å². The first-order chi connectivity index (χ1) is 2.89. The fourth-order valence-corrected chi connectivity index (χ4v) is 0.967. The zero-order valence-electron chi connectivity index (χ0n) is 3.44. The van der Waals surface area contributed by atoms with E-state index in [-0.39, 0.29) is 0 Å². The van der Waals surface area contributed by atoms with Crippen LogP contribution in [-0.4, -0.2) is 11.7 Å². The van der Waals surface area contributed by atoms with E-state index in [1.807, 2.05) is 0 Å². The molecule has 1 fully saturated rings. The summed E-state index contributed by atoms with van der Waals surface area (Å²) in [6, 6.07) is 0. The molecule has 1 rings (SSSR count). The van der Waals surface area contributed by atoms with E-state index in [9.17, 15) is 0 Å². The Morgan fingerprint density at radius 1 is 1.83 bits per heavy atom. The lowest BCUT2D eigenvalue weighted by Crippen LogP contribution is -1.74. The first-order valence-electron chi connectivity index (χ1n) is 1.78. The summed E-state index contributed by atoms with van der Waals surface area (Å²) >= 11 is 1.76. The van der Waals surface area contributed by atoms with Gasteiger partial charge in [0, 0.05) is 0 Å². The van der Waals surface area contributed by atoms with Crippen molar-refractivity contribution in [2.24, 2.45) is 0 Å². The van der Waals surface area contributed by atoms with Gasteiger partial charge in [-0.05, 0) is 0 Å². The second-order valence-electron chi connectivity index (χ2n) is 1.15. The van der Waals surface area contributed by atoms with Gasteiger partial charge in [0.15, 0.2) is 0 Å². The van der Waals surface area contributed by atoms with Gasteiger partial charge >= 0.3 is 0 Å². The number of ether oxygens (including phenoxy) is 1. The lowest BCUT2D eigenvalue weighted by atomic mass is 10.7. The summed E-state index contributed by atoms with van der Waals surface area (Å²) in [7, 11) is 0. The minimum Gasteiger partial charge on any atom is -0.487 e. The molecule has 0 unspecified atom stereocenters. The molecule has 1 aliphatic heterocycles. The molecule has 0 saturated carbocycles. The number of rotatable bonds is 0. The van der Waals surface area contributed by atoms with E-state index in [1.54, 1.807) is 11.8 Å². The van der Waals surface area contributed by atoms with Crippen molar-refractivity contribution in [3.05, 3.63) is 12.3 Å². The average Bonchev–Trinajstić information content (AvgIpc) is 1.86. The smallest absolute Gasteiger partial charge is 0.134 e. The second-order valence-corrected chi connectivity index (χ2v) is 2.08. The van der Waals surface area contributed by atoms with Crippen LogP contribution in [0.3, 0.4) is 0 Å². The highest BCUT2D eigenvalue weighted by Crippen LogP contribution is 2.16. The van der Waals surface area contributed by atoms with Crippen LogP contribution >= 0.6 is 11.8 Å². The highest BCUT2D eigenvalue weighted by atomic mass is 32.2. The molecule has 0 spiro atoms. The van der Waals surface area contributed by atoms with Gasteiger partial charge in [0.1, 0.15) is 11.7 Å². The summed E-state index contributed by atoms with van der Waals surface area (Å²) in [5.41, 5.74) is 0. The third-order valence-corrected chi connectivity index (χ3v) is 1.42. The van der Waals surface area contributed by atoms with Gasteiger partial charge in [-0.1, -0.05) is 6.58 Å². The molecule has 0 aromatic rings. The highest BCUT2D eigenvalue weighted by Gasteiger charge is 2.01. The number of thioether (sulfide) groups is 1. The van der Waals surface area contributed by atoms with Crippen LogP contribution in [0.1, 0.15) is 0 Å². The van der Waals surface area contributed by atoms with Crippen LogP contribution in [0.2, 0.25) is 0 Å². The lowest BCUT2D eigenvalue weighted by molar-refractivity contribution is 0.293. The van der Waals surface area contributed by atoms with Gasteiger partial charge in [0.2, 0.25) is 0 Å². The van der Waals surface area contributed by atoms with Crippen LogP contribution in [-0.2, 0) is 4.74 Å². The minimum absolute atomic E-state index is 0.804. The Kier molecular flexibility index (Phi) is 1.05. The van der Waals surface area contributed by atoms with Crippen molar-refractivity contribution in [3.63, 3.8) is 0 Å². The van der Waals surface area contributed by atoms with E-state index in [2.05, 4.69) is 6.58 Å². The molecule has 34 valence electrons. The third-order valence-electron chi connectivity index (χ3n) is 0.609. The predicted molar refractivity (Wildman–Crippen MR) is 27.5 cm³/mol. The zero-order valence-corrected chi connectivity index (χ0v) is 4.25. The van der Waals surface area contributed by atoms with Crippen molar-refractivity contribution < 1.29 is 4.74 Å². The van der Waals surface area contributed by atoms with Crippen LogP contribution in [0, 0.1) is 0 Å². The van der Waals surface area contributed by atoms with Crippen molar-refractivity contribution in [1.82, 2.24) is 0 Å². The summed E-state index contributed by atoms with van der Waals surface area (Å²) in [4.78, 5) is 0. The molecule has 0 amide bonds. The lowest BCUT2D eigenvalue weighted by Gasteiger charge is -1.86. The summed E-state index contributed by atoms with van der Waals surface area (Å²) in [6.07, 6.45) is 0. The molecule has 0 aliphatic carbocycles. The molecule has 0 N–H and O–H groups in total. The van der Waals surface area contributed by atoms with Crippen LogP contribution in [0.25, 0.3) is 0 Å². The van der Waals surface area contributed by atoms with Gasteiger partial charge in [-0.3, -0.25) is 0 Å². The van der Waals surface area contributed by atoms with Gasteiger partial charge in [0.05, 0.1) is 5.75 Å². The van der Waals surface area contributed by atoms with Gasteiger partial charge < -0.3 is 4.74 Å². The highest BCUT2D eigenvalue weighted by molar-refractivity contribution is 7.99. The van der Waals surface area contributed by atoms with E-state index in [4.69, 9.17) is 4.74 Å². The maximum atomic E-state index is 4.92. The van der Waals surface area contributed by atoms with Gasteiger partial charge in [-0.15, -0.1) is 11.8 Å². The summed E-state index contributed by atoms with van der Waals surface area (Å²) in [5.74, 6) is 2.71. The third kappa shape index (κ3) is 0.684. The predicted octanol–water partition coefficient (Wildman–Crippen LogP) is 1.22. The van der Waals surface area contributed by atoms with Crippen molar-refractivity contribution in [1.29, 1.82) is 0 Å². The summed E-state index contributed by atoms with van der Waals surface area (Å²) < 4.78 is 4.92. The molecule has 1 aliphatic rings. The fourth-order valence-electron chi connectivity index (χ4n) is 0.322. The molecule has 1 saturated heterocycles. The first-order valence-corrected chi connectivity index (χ1v) is 2.93. The Hall–Kier alpha value is -0.110. The molecule has 0 bridgehead atoms. The topological polar surface area (TPSA) is 9.23 Å². The van der Waals surface area contributed by atoms with Crippen molar-refractivity contribution in [3.8, 4) is 0 Å². The molecule has 0 atom stereocenters. The van der Waals surface area contributed by atoms with Gasteiger partial charge in [0.25, 0.3) is 0 Å². The monoisotopic (exact) mass is 102 g/mol. The molecule has 0 radical (unpaired) electrons. The van der Waals surface area contributed by atoms with Crippen LogP contribution in [0.5, 0.6) is 0 Å².